The van der Waals surface area contributed by atoms with Gasteiger partial charge in [-0.1, -0.05) is 0 Å². The molecule has 0 spiro atoms. The van der Waals surface area contributed by atoms with E-state index in [-0.39, 0.29) is 12.6 Å². The number of nitrogens with zero attached hydrogens (tertiary/aromatic N) is 1. The van der Waals surface area contributed by atoms with Gasteiger partial charge in [-0.3, -0.25) is 4.99 Å². The minimum atomic E-state index is 0.00483. The summed E-state index contributed by atoms with van der Waals surface area (Å²) < 4.78 is 0. The monoisotopic (exact) mass is 146 g/mol. The molecule has 4 heteroatoms. The average molecular weight is 146 g/mol. The van der Waals surface area contributed by atoms with E-state index in [1.54, 1.807) is 0 Å². The maximum Gasteiger partial charge on any atom is 0.0974 e. The molecule has 52 valence electrons. The summed E-state index contributed by atoms with van der Waals surface area (Å²) in [6, 6.07) is 0.00483. The van der Waals surface area contributed by atoms with Crippen molar-refractivity contribution in [2.45, 2.75) is 6.04 Å². The zero-order valence-electron chi connectivity index (χ0n) is 4.99. The number of aliphatic hydroxyl groups excluding tert-OH is 1. The highest BCUT2D eigenvalue weighted by molar-refractivity contribution is 8.12. The highest BCUT2D eigenvalue weighted by Gasteiger charge is 2.06. The van der Waals surface area contributed by atoms with Crippen LogP contribution in [-0.4, -0.2) is 34.7 Å². The fourth-order valence-corrected chi connectivity index (χ4v) is 1.45. The molecular weight excluding hydrogens is 136 g/mol. The Hall–Kier alpha value is -0.190. The standard InChI is InChI=1S/C5H10N2OS/c6-1-5-7-4(2-8)3-9-5/h3-4,8-9H,1-2,6H2. The molecule has 1 atom stereocenters. The van der Waals surface area contributed by atoms with E-state index in [1.807, 2.05) is 5.37 Å². The second kappa shape index (κ2) is 3.10. The molecule has 0 aliphatic carbocycles. The first-order chi connectivity index (χ1) is 4.36. The summed E-state index contributed by atoms with van der Waals surface area (Å²) in [6.07, 6.45) is 0. The Morgan fingerprint density at radius 2 is 2.67 bits per heavy atom. The number of thiol groups is 1. The van der Waals surface area contributed by atoms with E-state index in [1.165, 1.54) is 0 Å². The molecule has 0 radical (unpaired) electrons. The molecule has 0 saturated heterocycles. The number of nitrogens with two attached hydrogens (primary N) is 1. The molecular formula is C5H10N2OS. The van der Waals surface area contributed by atoms with Crippen LogP contribution in [0.3, 0.4) is 0 Å². The summed E-state index contributed by atoms with van der Waals surface area (Å²) >= 11 is 1.07. The molecule has 0 saturated carbocycles. The first-order valence-electron chi connectivity index (χ1n) is 2.78. The third-order valence-corrected chi connectivity index (χ3v) is 2.17. The maximum atomic E-state index is 8.60. The van der Waals surface area contributed by atoms with Crippen molar-refractivity contribution >= 4 is 21.8 Å². The van der Waals surface area contributed by atoms with Crippen LogP contribution in [0.25, 0.3) is 0 Å². The lowest BCUT2D eigenvalue weighted by molar-refractivity contribution is 0.293. The molecule has 1 heterocycles. The topological polar surface area (TPSA) is 58.6 Å². The third kappa shape index (κ3) is 1.61. The van der Waals surface area contributed by atoms with Crippen LogP contribution in [-0.2, 0) is 0 Å². The Morgan fingerprint density at radius 1 is 1.89 bits per heavy atom. The first kappa shape index (κ1) is 6.92. The van der Waals surface area contributed by atoms with Crippen LogP contribution in [0, 0.1) is 0 Å². The number of aliphatic imine (C=N–C) groups is 1. The molecule has 0 aromatic heterocycles. The largest absolute Gasteiger partial charge is 0.394 e. The van der Waals surface area contributed by atoms with Gasteiger partial charge in [0, 0.05) is 6.54 Å². The smallest absolute Gasteiger partial charge is 0.0974 e. The van der Waals surface area contributed by atoms with Gasteiger partial charge in [0.1, 0.15) is 0 Å². The molecule has 0 aromatic rings. The summed E-state index contributed by atoms with van der Waals surface area (Å²) in [7, 11) is 0. The Labute approximate surface area is 57.5 Å². The van der Waals surface area contributed by atoms with E-state index in [9.17, 15) is 0 Å². The highest BCUT2D eigenvalue weighted by atomic mass is 32.1. The van der Waals surface area contributed by atoms with Crippen molar-refractivity contribution < 1.29 is 5.11 Å². The van der Waals surface area contributed by atoms with Crippen LogP contribution in [0.5, 0.6) is 0 Å². The van der Waals surface area contributed by atoms with E-state index in [2.05, 4.69) is 4.99 Å². The molecule has 9 heavy (non-hydrogen) atoms. The van der Waals surface area contributed by atoms with Crippen molar-refractivity contribution in [3.05, 3.63) is 0 Å². The molecule has 1 aliphatic rings. The van der Waals surface area contributed by atoms with Gasteiger partial charge in [-0.25, -0.2) is 0 Å². The van der Waals surface area contributed by atoms with Crippen LogP contribution in [0.4, 0.5) is 0 Å². The number of rotatable bonds is 2. The summed E-state index contributed by atoms with van der Waals surface area (Å²) in [6.45, 7) is 0.616. The fraction of sp³-hybridized carbons (Fsp3) is 0.600. The molecule has 1 aliphatic heterocycles. The zero-order chi connectivity index (χ0) is 6.69. The number of hydrogen-bond donors (Lipinski definition) is 3. The molecule has 3 nitrogen and oxygen atoms in total. The molecule has 0 amide bonds. The van der Waals surface area contributed by atoms with Gasteiger partial charge in [-0.15, -0.1) is 0 Å². The second-order valence-corrected chi connectivity index (χ2v) is 2.85. The van der Waals surface area contributed by atoms with Gasteiger partial charge in [0.2, 0.25) is 0 Å². The third-order valence-electron chi connectivity index (χ3n) is 1.08. The maximum absolute atomic E-state index is 8.60. The molecule has 0 fully saturated rings. The zero-order valence-corrected chi connectivity index (χ0v) is 5.88. The van der Waals surface area contributed by atoms with Crippen LogP contribution in [0.15, 0.2) is 4.99 Å². The lowest BCUT2D eigenvalue weighted by Gasteiger charge is -1.94. The fourth-order valence-electron chi connectivity index (χ4n) is 0.624. The quantitative estimate of drug-likeness (QED) is 0.345. The van der Waals surface area contributed by atoms with Gasteiger partial charge in [-0.2, -0.15) is 11.4 Å². The van der Waals surface area contributed by atoms with Crippen LogP contribution in [0.1, 0.15) is 0 Å². The van der Waals surface area contributed by atoms with E-state index in [0.717, 1.165) is 16.4 Å². The van der Waals surface area contributed by atoms with E-state index in [4.69, 9.17) is 10.8 Å². The van der Waals surface area contributed by atoms with Crippen LogP contribution >= 0.6 is 11.4 Å². The summed E-state index contributed by atoms with van der Waals surface area (Å²) in [4.78, 5) is 4.10. The van der Waals surface area contributed by atoms with Crippen molar-refractivity contribution in [3.8, 4) is 0 Å². The van der Waals surface area contributed by atoms with Crippen molar-refractivity contribution in [2.24, 2.45) is 10.7 Å². The predicted molar refractivity (Wildman–Crippen MR) is 42.4 cm³/mol. The van der Waals surface area contributed by atoms with Gasteiger partial charge in [-0.05, 0) is 5.37 Å². The minimum absolute atomic E-state index is 0.00483. The van der Waals surface area contributed by atoms with Gasteiger partial charge < -0.3 is 10.8 Å². The summed E-state index contributed by atoms with van der Waals surface area (Å²) in [5.74, 6) is 0. The van der Waals surface area contributed by atoms with E-state index in [0.29, 0.717) is 6.54 Å². The van der Waals surface area contributed by atoms with Gasteiger partial charge >= 0.3 is 0 Å². The van der Waals surface area contributed by atoms with E-state index >= 15 is 0 Å². The SMILES string of the molecule is NCC1=NC(CO)C=[SH]1. The average Bonchev–Trinajstić information content (AvgIpc) is 2.34. The molecule has 3 N–H and O–H groups in total. The van der Waals surface area contributed by atoms with Crippen LogP contribution in [0.2, 0.25) is 0 Å². The molecule has 1 rings (SSSR count). The van der Waals surface area contributed by atoms with Gasteiger partial charge in [0.25, 0.3) is 0 Å². The first-order valence-corrected chi connectivity index (χ1v) is 3.75. The Morgan fingerprint density at radius 3 is 3.00 bits per heavy atom. The Bertz CT molecular complexity index is 155. The normalized spacial score (nSPS) is 25.6. The van der Waals surface area contributed by atoms with Gasteiger partial charge in [0.15, 0.2) is 0 Å². The molecule has 0 aromatic carbocycles. The Balaban J connectivity index is 2.52. The lowest BCUT2D eigenvalue weighted by atomic mass is 10.4. The second-order valence-electron chi connectivity index (χ2n) is 1.78. The minimum Gasteiger partial charge on any atom is -0.394 e. The number of aliphatic hydroxyl groups is 1. The lowest BCUT2D eigenvalue weighted by Crippen LogP contribution is -2.11. The Kier molecular flexibility index (Phi) is 2.38. The number of hydrogen-bond acceptors (Lipinski definition) is 3. The molecule has 0 bridgehead atoms. The predicted octanol–water partition coefficient (Wildman–Crippen LogP) is -1.01. The summed E-state index contributed by atoms with van der Waals surface area (Å²) in [5.41, 5.74) is 5.31. The van der Waals surface area contributed by atoms with Crippen molar-refractivity contribution in [1.82, 2.24) is 0 Å². The molecule has 1 unspecified atom stereocenters. The summed E-state index contributed by atoms with van der Waals surface area (Å²) in [5, 5.41) is 11.5. The van der Waals surface area contributed by atoms with Crippen LogP contribution < -0.4 is 5.73 Å². The van der Waals surface area contributed by atoms with Crippen molar-refractivity contribution in [1.29, 1.82) is 0 Å². The van der Waals surface area contributed by atoms with E-state index < -0.39 is 0 Å². The highest BCUT2D eigenvalue weighted by Crippen LogP contribution is 2.04. The van der Waals surface area contributed by atoms with Crippen molar-refractivity contribution in [3.63, 3.8) is 0 Å². The van der Waals surface area contributed by atoms with Crippen molar-refractivity contribution in [2.75, 3.05) is 13.2 Å². The van der Waals surface area contributed by atoms with Gasteiger partial charge in [0.05, 0.1) is 17.7 Å².